The van der Waals surface area contributed by atoms with Crippen LogP contribution in [0.4, 0.5) is 8.78 Å². The van der Waals surface area contributed by atoms with E-state index in [1.165, 1.54) is 0 Å². The first kappa shape index (κ1) is 9.49. The van der Waals surface area contributed by atoms with E-state index < -0.39 is 23.4 Å². The standard InChI is InChI=1S/C5H5ClF2O2/c1-5(7,8)2-3(9)4(6)10/h2H2,1H3. The topological polar surface area (TPSA) is 34.1 Å². The highest BCUT2D eigenvalue weighted by Gasteiger charge is 2.28. The van der Waals surface area contributed by atoms with Crippen LogP contribution in [0.15, 0.2) is 0 Å². The smallest absolute Gasteiger partial charge is 0.288 e. The molecule has 0 amide bonds. The van der Waals surface area contributed by atoms with Gasteiger partial charge in [0.1, 0.15) is 0 Å². The molecule has 0 aliphatic heterocycles. The van der Waals surface area contributed by atoms with E-state index in [9.17, 15) is 18.4 Å². The summed E-state index contributed by atoms with van der Waals surface area (Å²) in [4.78, 5) is 20.1. The SMILES string of the molecule is CC(F)(F)CC(=O)C(=O)Cl. The van der Waals surface area contributed by atoms with Crippen LogP contribution < -0.4 is 0 Å². The minimum atomic E-state index is -3.15. The largest absolute Gasteiger partial charge is 0.289 e. The van der Waals surface area contributed by atoms with Gasteiger partial charge in [0.15, 0.2) is 0 Å². The number of halogens is 3. The molecule has 0 atom stereocenters. The number of alkyl halides is 2. The first-order valence-electron chi connectivity index (χ1n) is 2.43. The fourth-order valence-electron chi connectivity index (χ4n) is 0.351. The van der Waals surface area contributed by atoms with Crippen molar-refractivity contribution in [3.8, 4) is 0 Å². The van der Waals surface area contributed by atoms with Crippen molar-refractivity contribution in [1.29, 1.82) is 0 Å². The minimum absolute atomic E-state index is 0.546. The van der Waals surface area contributed by atoms with Crippen molar-refractivity contribution in [2.75, 3.05) is 0 Å². The summed E-state index contributed by atoms with van der Waals surface area (Å²) in [5, 5.41) is -1.35. The molecule has 0 unspecified atom stereocenters. The molecule has 0 fully saturated rings. The molecule has 2 nitrogen and oxygen atoms in total. The Morgan fingerprint density at radius 1 is 1.50 bits per heavy atom. The predicted octanol–water partition coefficient (Wildman–Crippen LogP) is 1.37. The highest BCUT2D eigenvalue weighted by Crippen LogP contribution is 2.17. The van der Waals surface area contributed by atoms with E-state index in [-0.39, 0.29) is 0 Å². The highest BCUT2D eigenvalue weighted by atomic mass is 35.5. The molecule has 0 aliphatic rings. The average Bonchev–Trinajstić information content (AvgIpc) is 1.60. The summed E-state index contributed by atoms with van der Waals surface area (Å²) in [6, 6.07) is 0. The molecule has 5 heteroatoms. The average molecular weight is 171 g/mol. The van der Waals surface area contributed by atoms with Gasteiger partial charge in [-0.15, -0.1) is 0 Å². The summed E-state index contributed by atoms with van der Waals surface area (Å²) in [7, 11) is 0. The molecule has 0 heterocycles. The summed E-state index contributed by atoms with van der Waals surface area (Å²) in [6.45, 7) is 0.546. The Morgan fingerprint density at radius 3 is 2.00 bits per heavy atom. The summed E-state index contributed by atoms with van der Waals surface area (Å²) in [5.74, 6) is -4.41. The van der Waals surface area contributed by atoms with Crippen LogP contribution in [0.25, 0.3) is 0 Å². The molecule has 0 aromatic heterocycles. The van der Waals surface area contributed by atoms with Crippen molar-refractivity contribution in [2.24, 2.45) is 0 Å². The lowest BCUT2D eigenvalue weighted by Crippen LogP contribution is -2.19. The second kappa shape index (κ2) is 3.05. The van der Waals surface area contributed by atoms with Gasteiger partial charge in [0.25, 0.3) is 11.2 Å². The number of rotatable bonds is 3. The van der Waals surface area contributed by atoms with Gasteiger partial charge in [-0.1, -0.05) is 0 Å². The zero-order valence-corrected chi connectivity index (χ0v) is 5.91. The Bertz CT molecular complexity index is 162. The Morgan fingerprint density at radius 2 is 1.90 bits per heavy atom. The van der Waals surface area contributed by atoms with Crippen LogP contribution in [0.1, 0.15) is 13.3 Å². The van der Waals surface area contributed by atoms with E-state index >= 15 is 0 Å². The lowest BCUT2D eigenvalue weighted by atomic mass is 10.2. The highest BCUT2D eigenvalue weighted by molar-refractivity contribution is 6.81. The van der Waals surface area contributed by atoms with Crippen LogP contribution in [0, 0.1) is 0 Å². The maximum Gasteiger partial charge on any atom is 0.288 e. The molecule has 0 aromatic rings. The molecule has 0 aliphatic carbocycles. The quantitative estimate of drug-likeness (QED) is 0.474. The molecule has 0 radical (unpaired) electrons. The molecule has 10 heavy (non-hydrogen) atoms. The van der Waals surface area contributed by atoms with Gasteiger partial charge in [-0.3, -0.25) is 9.59 Å². The van der Waals surface area contributed by atoms with E-state index in [1.807, 2.05) is 0 Å². The van der Waals surface area contributed by atoms with E-state index in [1.54, 1.807) is 0 Å². The molecule has 0 spiro atoms. The number of hydrogen-bond acceptors (Lipinski definition) is 2. The van der Waals surface area contributed by atoms with Crippen molar-refractivity contribution >= 4 is 22.6 Å². The van der Waals surface area contributed by atoms with Gasteiger partial charge in [-0.25, -0.2) is 8.78 Å². The van der Waals surface area contributed by atoms with Gasteiger partial charge < -0.3 is 0 Å². The van der Waals surface area contributed by atoms with Crippen molar-refractivity contribution in [2.45, 2.75) is 19.3 Å². The Balaban J connectivity index is 3.93. The van der Waals surface area contributed by atoms with Crippen molar-refractivity contribution in [1.82, 2.24) is 0 Å². The molecule has 0 N–H and O–H groups in total. The van der Waals surface area contributed by atoms with E-state index in [0.29, 0.717) is 6.92 Å². The zero-order valence-electron chi connectivity index (χ0n) is 5.16. The molecule has 0 aromatic carbocycles. The Labute approximate surface area is 61.2 Å². The molecule has 0 bridgehead atoms. The second-order valence-corrected chi connectivity index (χ2v) is 2.29. The lowest BCUT2D eigenvalue weighted by Gasteiger charge is -2.05. The normalized spacial score (nSPS) is 11.2. The molecule has 0 saturated carbocycles. The maximum atomic E-state index is 11.9. The Hall–Kier alpha value is -0.510. The van der Waals surface area contributed by atoms with Gasteiger partial charge in [-0.2, -0.15) is 0 Å². The van der Waals surface area contributed by atoms with Crippen LogP contribution in [0.5, 0.6) is 0 Å². The molecule has 0 rings (SSSR count). The van der Waals surface area contributed by atoms with Crippen molar-refractivity contribution in [3.05, 3.63) is 0 Å². The molecule has 58 valence electrons. The fourth-order valence-corrected chi connectivity index (χ4v) is 0.418. The van der Waals surface area contributed by atoms with Crippen LogP contribution in [0.3, 0.4) is 0 Å². The second-order valence-electron chi connectivity index (χ2n) is 1.94. The first-order chi connectivity index (χ1) is 4.33. The van der Waals surface area contributed by atoms with Crippen LogP contribution in [-0.2, 0) is 9.59 Å². The van der Waals surface area contributed by atoms with Gasteiger partial charge in [-0.05, 0) is 18.5 Å². The lowest BCUT2D eigenvalue weighted by molar-refractivity contribution is -0.136. The monoisotopic (exact) mass is 170 g/mol. The summed E-state index contributed by atoms with van der Waals surface area (Å²) in [6.07, 6.45) is -1.12. The van der Waals surface area contributed by atoms with Crippen molar-refractivity contribution in [3.63, 3.8) is 0 Å². The van der Waals surface area contributed by atoms with Gasteiger partial charge in [0.05, 0.1) is 6.42 Å². The number of hydrogen-bond donors (Lipinski definition) is 0. The third-order valence-corrected chi connectivity index (χ3v) is 0.901. The number of ketones is 1. The number of Topliss-reactive ketones (excluding diaryl/α,β-unsaturated/α-hetero) is 1. The Kier molecular flexibility index (Phi) is 2.90. The van der Waals surface area contributed by atoms with Crippen LogP contribution in [0.2, 0.25) is 0 Å². The molecule has 0 saturated heterocycles. The van der Waals surface area contributed by atoms with Gasteiger partial charge in [0.2, 0.25) is 5.78 Å². The summed E-state index contributed by atoms with van der Waals surface area (Å²) < 4.78 is 23.8. The van der Waals surface area contributed by atoms with E-state index in [0.717, 1.165) is 0 Å². The van der Waals surface area contributed by atoms with Gasteiger partial charge >= 0.3 is 0 Å². The van der Waals surface area contributed by atoms with Crippen molar-refractivity contribution < 1.29 is 18.4 Å². The molecular formula is C5H5ClF2O2. The summed E-state index contributed by atoms with van der Waals surface area (Å²) >= 11 is 4.61. The first-order valence-corrected chi connectivity index (χ1v) is 2.81. The van der Waals surface area contributed by atoms with Crippen LogP contribution >= 0.6 is 11.6 Å². The minimum Gasteiger partial charge on any atom is -0.289 e. The number of carbonyl (C=O) groups is 2. The molecular weight excluding hydrogens is 166 g/mol. The fraction of sp³-hybridized carbons (Fsp3) is 0.600. The number of carbonyl (C=O) groups excluding carboxylic acids is 2. The third-order valence-electron chi connectivity index (χ3n) is 0.690. The summed E-state index contributed by atoms with van der Waals surface area (Å²) in [5.41, 5.74) is 0. The zero-order chi connectivity index (χ0) is 8.36. The van der Waals surface area contributed by atoms with E-state index in [4.69, 9.17) is 0 Å². The third kappa shape index (κ3) is 4.38. The van der Waals surface area contributed by atoms with Crippen LogP contribution in [-0.4, -0.2) is 16.9 Å². The van der Waals surface area contributed by atoms with Gasteiger partial charge in [0, 0.05) is 0 Å². The van der Waals surface area contributed by atoms with E-state index in [2.05, 4.69) is 11.6 Å². The maximum absolute atomic E-state index is 11.9. The predicted molar refractivity (Wildman–Crippen MR) is 31.1 cm³/mol.